The number of hydrogen-bond donors (Lipinski definition) is 3. The highest BCUT2D eigenvalue weighted by molar-refractivity contribution is 6.53. The lowest BCUT2D eigenvalue weighted by molar-refractivity contribution is 0.686. The van der Waals surface area contributed by atoms with Gasteiger partial charge in [-0.2, -0.15) is 0 Å². The van der Waals surface area contributed by atoms with Gasteiger partial charge < -0.3 is 15.7 Å². The Morgan fingerprint density at radius 3 is 2.45 bits per heavy atom. The first-order valence-electron chi connectivity index (χ1n) is 4.32. The van der Waals surface area contributed by atoms with Crippen molar-refractivity contribution in [2.45, 2.75) is 39.4 Å². The molecule has 0 amide bonds. The Labute approximate surface area is 71.5 Å². The predicted molar refractivity (Wildman–Crippen MR) is 51.3 cm³/mol. The summed E-state index contributed by atoms with van der Waals surface area (Å²) < 4.78 is 0. The lowest BCUT2D eigenvalue weighted by Crippen LogP contribution is -2.53. The van der Waals surface area contributed by atoms with Crippen LogP contribution in [-0.2, 0) is 0 Å². The Kier molecular flexibility index (Phi) is 6.85. The molecule has 0 aliphatic carbocycles. The highest BCUT2D eigenvalue weighted by atomic mass is 28.3. The Morgan fingerprint density at radius 1 is 1.45 bits per heavy atom. The van der Waals surface area contributed by atoms with E-state index in [0.717, 1.165) is 6.54 Å². The molecule has 0 heterocycles. The summed E-state index contributed by atoms with van der Waals surface area (Å²) in [6.45, 7) is 7.35. The van der Waals surface area contributed by atoms with Crippen molar-refractivity contribution in [2.24, 2.45) is 5.73 Å². The van der Waals surface area contributed by atoms with E-state index < -0.39 is 9.12 Å². The van der Waals surface area contributed by atoms with E-state index in [-0.39, 0.29) is 6.17 Å². The first-order valence-corrected chi connectivity index (χ1v) is 6.03. The molecule has 4 N–H and O–H groups in total. The molecule has 67 valence electrons. The van der Waals surface area contributed by atoms with Crippen molar-refractivity contribution in [1.29, 1.82) is 0 Å². The van der Waals surface area contributed by atoms with Gasteiger partial charge in [0.15, 0.2) is 0 Å². The van der Waals surface area contributed by atoms with Crippen LogP contribution in [0, 0.1) is 0 Å². The van der Waals surface area contributed by atoms with Gasteiger partial charge in [0, 0.05) is 6.17 Å². The van der Waals surface area contributed by atoms with Crippen molar-refractivity contribution in [1.82, 2.24) is 9.96 Å². The minimum Gasteiger partial charge on any atom is -0.326 e. The highest BCUT2D eigenvalue weighted by Crippen LogP contribution is 1.90. The fraction of sp³-hybridized carbons (Fsp3) is 1.00. The lowest BCUT2D eigenvalue weighted by atomic mass is 10.6. The smallest absolute Gasteiger partial charge is 0.224 e. The van der Waals surface area contributed by atoms with Crippen molar-refractivity contribution >= 4 is 9.12 Å². The van der Waals surface area contributed by atoms with Crippen LogP contribution in [0.5, 0.6) is 0 Å². The van der Waals surface area contributed by atoms with Gasteiger partial charge in [-0.15, -0.1) is 0 Å². The van der Waals surface area contributed by atoms with E-state index in [9.17, 15) is 0 Å². The summed E-state index contributed by atoms with van der Waals surface area (Å²) in [6.07, 6.45) is 1.34. The van der Waals surface area contributed by atoms with Gasteiger partial charge in [0.05, 0.1) is 0 Å². The maximum atomic E-state index is 5.63. The van der Waals surface area contributed by atoms with Crippen LogP contribution in [0.1, 0.15) is 27.2 Å². The van der Waals surface area contributed by atoms with E-state index in [2.05, 4.69) is 23.8 Å². The van der Waals surface area contributed by atoms with Crippen LogP contribution in [0.25, 0.3) is 0 Å². The van der Waals surface area contributed by atoms with Gasteiger partial charge in [0.25, 0.3) is 0 Å². The van der Waals surface area contributed by atoms with E-state index in [1.54, 1.807) is 0 Å². The van der Waals surface area contributed by atoms with Gasteiger partial charge in [-0.3, -0.25) is 0 Å². The average Bonchev–Trinajstić information content (AvgIpc) is 1.87. The minimum absolute atomic E-state index is 0.120. The average molecular weight is 174 g/mol. The first kappa shape index (κ1) is 11.1. The number of nitrogens with two attached hydrogens (primary N) is 1. The molecule has 0 bridgehead atoms. The van der Waals surface area contributed by atoms with E-state index in [0.29, 0.717) is 0 Å². The third-order valence-corrected chi connectivity index (χ3v) is 3.88. The van der Waals surface area contributed by atoms with Crippen molar-refractivity contribution in [3.05, 3.63) is 0 Å². The second kappa shape index (κ2) is 6.79. The molecule has 0 aromatic carbocycles. The van der Waals surface area contributed by atoms with Gasteiger partial charge in [-0.05, 0) is 19.5 Å². The van der Waals surface area contributed by atoms with Crippen molar-refractivity contribution in [3.63, 3.8) is 0 Å². The molecular formula is C7H20N3Si. The molecule has 0 aromatic heterocycles. The normalized spacial score (nSPS) is 13.9. The minimum atomic E-state index is -0.571. The zero-order valence-electron chi connectivity index (χ0n) is 7.78. The summed E-state index contributed by atoms with van der Waals surface area (Å²) in [4.78, 5) is 6.78. The fourth-order valence-corrected chi connectivity index (χ4v) is 2.85. The highest BCUT2D eigenvalue weighted by Gasteiger charge is 2.09. The van der Waals surface area contributed by atoms with Gasteiger partial charge in [0.2, 0.25) is 9.12 Å². The lowest BCUT2D eigenvalue weighted by Gasteiger charge is -2.18. The topological polar surface area (TPSA) is 50.1 Å². The molecule has 0 spiro atoms. The molecule has 0 aliphatic rings. The maximum absolute atomic E-state index is 5.63. The van der Waals surface area contributed by atoms with Crippen molar-refractivity contribution < 1.29 is 0 Å². The standard InChI is InChI=1S/C7H20N3Si/c1-4-6-11(9-5-2)10-7(3)8/h7,9-10H,4-6,8H2,1-3H3. The van der Waals surface area contributed by atoms with Crippen LogP contribution in [0.3, 0.4) is 0 Å². The largest absolute Gasteiger partial charge is 0.326 e. The van der Waals surface area contributed by atoms with Crippen LogP contribution in [0.15, 0.2) is 0 Å². The van der Waals surface area contributed by atoms with Crippen LogP contribution in [0.4, 0.5) is 0 Å². The second-order valence-electron chi connectivity index (χ2n) is 2.69. The molecule has 1 radical (unpaired) electrons. The Morgan fingerprint density at radius 2 is 2.09 bits per heavy atom. The van der Waals surface area contributed by atoms with Crippen LogP contribution >= 0.6 is 0 Å². The predicted octanol–water partition coefficient (Wildman–Crippen LogP) is 0.388. The van der Waals surface area contributed by atoms with Crippen molar-refractivity contribution in [3.8, 4) is 0 Å². The fourth-order valence-electron chi connectivity index (χ4n) is 0.950. The second-order valence-corrected chi connectivity index (χ2v) is 4.79. The molecule has 0 aromatic rings. The van der Waals surface area contributed by atoms with Gasteiger partial charge in [0.1, 0.15) is 0 Å². The third kappa shape index (κ3) is 6.49. The monoisotopic (exact) mass is 174 g/mol. The summed E-state index contributed by atoms with van der Waals surface area (Å²) in [5.41, 5.74) is 5.63. The van der Waals surface area contributed by atoms with Gasteiger partial charge >= 0.3 is 0 Å². The van der Waals surface area contributed by atoms with Crippen molar-refractivity contribution in [2.75, 3.05) is 6.54 Å². The van der Waals surface area contributed by atoms with E-state index in [1.165, 1.54) is 12.5 Å². The Balaban J connectivity index is 3.50. The summed E-state index contributed by atoms with van der Waals surface area (Å²) >= 11 is 0. The molecule has 0 fully saturated rings. The zero-order chi connectivity index (χ0) is 8.69. The Bertz CT molecular complexity index is 81.8. The number of nitrogens with one attached hydrogen (secondary N) is 2. The summed E-state index contributed by atoms with van der Waals surface area (Å²) in [6, 6.07) is 1.24. The van der Waals surface area contributed by atoms with E-state index >= 15 is 0 Å². The van der Waals surface area contributed by atoms with Gasteiger partial charge in [-0.1, -0.05) is 20.3 Å². The molecule has 1 atom stereocenters. The summed E-state index contributed by atoms with van der Waals surface area (Å²) in [5, 5.41) is 0. The summed E-state index contributed by atoms with van der Waals surface area (Å²) in [5.74, 6) is 0. The molecule has 11 heavy (non-hydrogen) atoms. The molecule has 0 saturated heterocycles. The number of rotatable bonds is 6. The van der Waals surface area contributed by atoms with Gasteiger partial charge in [-0.25, -0.2) is 0 Å². The van der Waals surface area contributed by atoms with Crippen LogP contribution < -0.4 is 15.7 Å². The number of hydrogen-bond acceptors (Lipinski definition) is 3. The molecule has 3 nitrogen and oxygen atoms in total. The molecule has 0 saturated carbocycles. The maximum Gasteiger partial charge on any atom is 0.224 e. The molecule has 0 aliphatic heterocycles. The molecule has 0 rings (SSSR count). The summed E-state index contributed by atoms with van der Waals surface area (Å²) in [7, 11) is -0.571. The third-order valence-electron chi connectivity index (χ3n) is 1.29. The molecular weight excluding hydrogens is 154 g/mol. The SMILES string of the molecule is CCC[Si](NCC)NC(C)N. The van der Waals surface area contributed by atoms with Crippen LogP contribution in [-0.4, -0.2) is 21.8 Å². The Hall–Kier alpha value is 0.0969. The van der Waals surface area contributed by atoms with Crippen LogP contribution in [0.2, 0.25) is 6.04 Å². The van der Waals surface area contributed by atoms with E-state index in [1.807, 2.05) is 6.92 Å². The first-order chi connectivity index (χ1) is 5.20. The molecule has 1 unspecified atom stereocenters. The molecule has 4 heteroatoms. The quantitative estimate of drug-likeness (QED) is 0.403. The zero-order valence-corrected chi connectivity index (χ0v) is 8.78. The van der Waals surface area contributed by atoms with E-state index in [4.69, 9.17) is 5.73 Å².